The van der Waals surface area contributed by atoms with Gasteiger partial charge in [0.1, 0.15) is 0 Å². The lowest BCUT2D eigenvalue weighted by Crippen LogP contribution is -2.46. The first kappa shape index (κ1) is 12.0. The summed E-state index contributed by atoms with van der Waals surface area (Å²) >= 11 is 0. The van der Waals surface area contributed by atoms with Crippen LogP contribution in [0.15, 0.2) is 24.3 Å². The van der Waals surface area contributed by atoms with Crippen LogP contribution in [0.3, 0.4) is 0 Å². The van der Waals surface area contributed by atoms with E-state index in [-0.39, 0.29) is 6.04 Å². The van der Waals surface area contributed by atoms with E-state index in [1.807, 2.05) is 0 Å². The van der Waals surface area contributed by atoms with E-state index in [0.29, 0.717) is 11.8 Å². The number of fused-ring (bicyclic) bond motifs is 5. The number of rotatable bonds is 1. The van der Waals surface area contributed by atoms with E-state index < -0.39 is 0 Å². The maximum atomic E-state index is 12.2. The number of aromatic nitrogens is 1. The lowest BCUT2D eigenvalue weighted by molar-refractivity contribution is -0.139. The maximum Gasteiger partial charge on any atom is 0.223 e. The lowest BCUT2D eigenvalue weighted by atomic mass is 9.81. The average molecular weight is 268 g/mol. The van der Waals surface area contributed by atoms with Crippen molar-refractivity contribution in [3.8, 4) is 0 Å². The van der Waals surface area contributed by atoms with Gasteiger partial charge in [-0.15, -0.1) is 0 Å². The number of aromatic amines is 1. The minimum atomic E-state index is 0.275. The Morgan fingerprint density at radius 1 is 1.30 bits per heavy atom. The minimum Gasteiger partial charge on any atom is -0.356 e. The van der Waals surface area contributed by atoms with Crippen LogP contribution in [0.2, 0.25) is 0 Å². The van der Waals surface area contributed by atoms with E-state index in [2.05, 4.69) is 41.1 Å². The molecule has 1 amide bonds. The molecule has 2 aliphatic heterocycles. The number of hydrogen-bond donors (Lipinski definition) is 1. The molecule has 0 aliphatic carbocycles. The molecular weight excluding hydrogens is 248 g/mol. The summed E-state index contributed by atoms with van der Waals surface area (Å²) in [6.07, 6.45) is 3.89. The molecule has 104 valence electrons. The molecular formula is C17H20N2O. The van der Waals surface area contributed by atoms with E-state index in [0.717, 1.165) is 32.2 Å². The van der Waals surface area contributed by atoms with Crippen molar-refractivity contribution in [1.29, 1.82) is 0 Å². The van der Waals surface area contributed by atoms with Gasteiger partial charge < -0.3 is 9.88 Å². The Balaban J connectivity index is 1.89. The number of para-hydroxylation sites is 1. The summed E-state index contributed by atoms with van der Waals surface area (Å²) in [5.41, 5.74) is 3.96. The molecule has 1 N–H and O–H groups in total. The van der Waals surface area contributed by atoms with E-state index in [4.69, 9.17) is 0 Å². The van der Waals surface area contributed by atoms with Gasteiger partial charge in [-0.2, -0.15) is 0 Å². The first-order valence-corrected chi connectivity index (χ1v) is 7.68. The Hall–Kier alpha value is -1.77. The number of benzene rings is 1. The fourth-order valence-electron chi connectivity index (χ4n) is 4.08. The zero-order valence-electron chi connectivity index (χ0n) is 11.9. The topological polar surface area (TPSA) is 36.1 Å². The third kappa shape index (κ3) is 1.55. The first-order valence-electron chi connectivity index (χ1n) is 7.68. The normalized spacial score (nSPS) is 25.6. The minimum absolute atomic E-state index is 0.275. The van der Waals surface area contributed by atoms with Gasteiger partial charge in [-0.1, -0.05) is 31.5 Å². The van der Waals surface area contributed by atoms with Crippen LogP contribution in [0.25, 0.3) is 10.9 Å². The van der Waals surface area contributed by atoms with E-state index in [1.165, 1.54) is 22.2 Å². The van der Waals surface area contributed by atoms with Crippen LogP contribution in [0, 0.1) is 5.92 Å². The van der Waals surface area contributed by atoms with Crippen molar-refractivity contribution in [2.75, 3.05) is 6.54 Å². The molecule has 2 atom stereocenters. The van der Waals surface area contributed by atoms with Gasteiger partial charge in [0, 0.05) is 29.6 Å². The van der Waals surface area contributed by atoms with Crippen molar-refractivity contribution in [3.05, 3.63) is 35.5 Å². The number of piperidine rings is 1. The Morgan fingerprint density at radius 3 is 3.00 bits per heavy atom. The molecule has 0 bridgehead atoms. The van der Waals surface area contributed by atoms with Crippen LogP contribution in [-0.4, -0.2) is 22.3 Å². The number of nitrogens with zero attached hydrogens (tertiary/aromatic N) is 1. The van der Waals surface area contributed by atoms with Crippen molar-refractivity contribution in [1.82, 2.24) is 9.88 Å². The number of H-pyrrole nitrogens is 1. The predicted molar refractivity (Wildman–Crippen MR) is 79.5 cm³/mol. The quantitative estimate of drug-likeness (QED) is 0.845. The van der Waals surface area contributed by atoms with E-state index >= 15 is 0 Å². The Morgan fingerprint density at radius 2 is 2.15 bits per heavy atom. The molecule has 0 unspecified atom stereocenters. The molecule has 4 rings (SSSR count). The van der Waals surface area contributed by atoms with Crippen LogP contribution in [0.4, 0.5) is 0 Å². The van der Waals surface area contributed by atoms with Crippen LogP contribution < -0.4 is 0 Å². The maximum absolute atomic E-state index is 12.2. The highest BCUT2D eigenvalue weighted by Gasteiger charge is 2.40. The summed E-state index contributed by atoms with van der Waals surface area (Å²) in [6.45, 7) is 3.13. The van der Waals surface area contributed by atoms with E-state index in [9.17, 15) is 4.79 Å². The zero-order valence-corrected chi connectivity index (χ0v) is 11.9. The molecule has 3 nitrogen and oxygen atoms in total. The molecule has 3 heteroatoms. The van der Waals surface area contributed by atoms with Gasteiger partial charge in [-0.3, -0.25) is 4.79 Å². The van der Waals surface area contributed by atoms with E-state index in [1.54, 1.807) is 0 Å². The summed E-state index contributed by atoms with van der Waals surface area (Å²) in [5, 5.41) is 1.34. The zero-order chi connectivity index (χ0) is 13.7. The van der Waals surface area contributed by atoms with Gasteiger partial charge >= 0.3 is 0 Å². The summed E-state index contributed by atoms with van der Waals surface area (Å²) in [5.74, 6) is 0.934. The molecule has 20 heavy (non-hydrogen) atoms. The fourth-order valence-corrected chi connectivity index (χ4v) is 4.08. The van der Waals surface area contributed by atoms with Gasteiger partial charge in [0.05, 0.1) is 6.04 Å². The molecule has 3 heterocycles. The molecule has 2 aliphatic rings. The van der Waals surface area contributed by atoms with Crippen molar-refractivity contribution in [2.24, 2.45) is 5.92 Å². The standard InChI is InChI=1S/C17H20N2O/c1-2-11-7-8-15(20)19-10-9-13-12-5-3-4-6-14(12)18-16(13)17(11)19/h3-6,11,17-18H,2,7-10H2,1H3/t11-,17-/m1/s1. The number of amides is 1. The highest BCUT2D eigenvalue weighted by molar-refractivity contribution is 5.86. The summed E-state index contributed by atoms with van der Waals surface area (Å²) in [7, 11) is 0. The smallest absolute Gasteiger partial charge is 0.223 e. The molecule has 0 saturated carbocycles. The van der Waals surface area contributed by atoms with Gasteiger partial charge in [-0.05, 0) is 30.4 Å². The number of nitrogens with one attached hydrogen (secondary N) is 1. The van der Waals surface area contributed by atoms with Gasteiger partial charge in [0.25, 0.3) is 0 Å². The third-order valence-corrected chi connectivity index (χ3v) is 5.10. The SMILES string of the molecule is CC[C@@H]1CCC(=O)N2CCc3c([nH]c4ccccc34)[C@@H]12. The van der Waals surface area contributed by atoms with Gasteiger partial charge in [-0.25, -0.2) is 0 Å². The summed E-state index contributed by atoms with van der Waals surface area (Å²) in [4.78, 5) is 18.0. The second-order valence-corrected chi connectivity index (χ2v) is 6.05. The number of carbonyl (C=O) groups is 1. The molecule has 1 fully saturated rings. The largest absolute Gasteiger partial charge is 0.356 e. The third-order valence-electron chi connectivity index (χ3n) is 5.10. The highest BCUT2D eigenvalue weighted by Crippen LogP contribution is 2.43. The molecule has 1 aromatic carbocycles. The van der Waals surface area contributed by atoms with Crippen molar-refractivity contribution in [2.45, 2.75) is 38.6 Å². The second-order valence-electron chi connectivity index (χ2n) is 6.05. The molecule has 1 saturated heterocycles. The van der Waals surface area contributed by atoms with Crippen LogP contribution in [0.5, 0.6) is 0 Å². The number of carbonyl (C=O) groups excluding carboxylic acids is 1. The fraction of sp³-hybridized carbons (Fsp3) is 0.471. The highest BCUT2D eigenvalue weighted by atomic mass is 16.2. The van der Waals surface area contributed by atoms with Gasteiger partial charge in [0.2, 0.25) is 5.91 Å². The molecule has 0 spiro atoms. The van der Waals surface area contributed by atoms with Gasteiger partial charge in [0.15, 0.2) is 0 Å². The Bertz CT molecular complexity index is 673. The van der Waals surface area contributed by atoms with Crippen molar-refractivity contribution in [3.63, 3.8) is 0 Å². The lowest BCUT2D eigenvalue weighted by Gasteiger charge is -2.43. The first-order chi connectivity index (χ1) is 9.79. The molecule has 0 radical (unpaired) electrons. The average Bonchev–Trinajstić information content (AvgIpc) is 2.86. The van der Waals surface area contributed by atoms with Crippen LogP contribution in [-0.2, 0) is 11.2 Å². The van der Waals surface area contributed by atoms with Crippen molar-refractivity contribution < 1.29 is 4.79 Å². The van der Waals surface area contributed by atoms with Crippen LogP contribution >= 0.6 is 0 Å². The van der Waals surface area contributed by atoms with Crippen molar-refractivity contribution >= 4 is 16.8 Å². The molecule has 2 aromatic rings. The molecule has 1 aromatic heterocycles. The second kappa shape index (κ2) is 4.37. The summed E-state index contributed by atoms with van der Waals surface area (Å²) in [6, 6.07) is 8.80. The Kier molecular flexibility index (Phi) is 2.62. The summed E-state index contributed by atoms with van der Waals surface area (Å²) < 4.78 is 0. The Labute approximate surface area is 119 Å². The van der Waals surface area contributed by atoms with Crippen LogP contribution in [0.1, 0.15) is 43.5 Å². The monoisotopic (exact) mass is 268 g/mol. The predicted octanol–water partition coefficient (Wildman–Crippen LogP) is 3.41. The number of hydrogen-bond acceptors (Lipinski definition) is 1.